The number of likely N-dealkylation sites (N-methyl/N-ethyl adjacent to an activating group) is 1. The minimum absolute atomic E-state index is 0.253. The summed E-state index contributed by atoms with van der Waals surface area (Å²) < 4.78 is 11.9. The number of ether oxygens (including phenoxy) is 2. The Kier molecular flexibility index (Phi) is 6.32. The van der Waals surface area contributed by atoms with Gasteiger partial charge in [-0.3, -0.25) is 19.8 Å². The zero-order chi connectivity index (χ0) is 25.4. The third kappa shape index (κ3) is 3.77. The molecule has 0 radical (unpaired) electrons. The van der Waals surface area contributed by atoms with Crippen LogP contribution in [0.25, 0.3) is 0 Å². The fourth-order valence-electron chi connectivity index (χ4n) is 5.49. The van der Waals surface area contributed by atoms with Gasteiger partial charge in [0.15, 0.2) is 17.0 Å². The summed E-state index contributed by atoms with van der Waals surface area (Å²) in [5.74, 6) is 0.0890. The molecule has 1 amide bonds. The van der Waals surface area contributed by atoms with Gasteiger partial charge in [0, 0.05) is 33.3 Å². The van der Waals surface area contributed by atoms with Gasteiger partial charge in [0.05, 0.1) is 12.5 Å². The first-order valence-electron chi connectivity index (χ1n) is 11.8. The maximum absolute atomic E-state index is 13.3. The Morgan fingerprint density at radius 3 is 2.61 bits per heavy atom. The van der Waals surface area contributed by atoms with E-state index in [-0.39, 0.29) is 17.4 Å². The lowest BCUT2D eigenvalue weighted by atomic mass is 9.79. The van der Waals surface area contributed by atoms with E-state index in [0.717, 1.165) is 5.56 Å². The molecule has 0 saturated carbocycles. The van der Waals surface area contributed by atoms with E-state index in [1.165, 1.54) is 0 Å². The molecule has 5 rings (SSSR count). The Bertz CT molecular complexity index is 1330. The molecule has 3 aromatic rings. The zero-order valence-electron chi connectivity index (χ0n) is 19.9. The summed E-state index contributed by atoms with van der Waals surface area (Å²) in [5, 5.41) is 16.0. The van der Waals surface area contributed by atoms with E-state index >= 15 is 0 Å². The summed E-state index contributed by atoms with van der Waals surface area (Å²) in [6.45, 7) is 2.85. The SMILES string of the molecule is CCOc1cc([C@@H]2CN(C)[C@]3(C(=O)Nc4ccccc43)[C@H]2[N+](=O)[O-])ccc1OCc1ccccc1Cl. The van der Waals surface area contributed by atoms with Gasteiger partial charge in [-0.1, -0.05) is 54.1 Å². The summed E-state index contributed by atoms with van der Waals surface area (Å²) in [5.41, 5.74) is 1.40. The molecule has 2 aliphatic heterocycles. The van der Waals surface area contributed by atoms with Crippen LogP contribution in [0.15, 0.2) is 66.7 Å². The van der Waals surface area contributed by atoms with Crippen LogP contribution in [0.5, 0.6) is 11.5 Å². The minimum atomic E-state index is -1.39. The van der Waals surface area contributed by atoms with Gasteiger partial charge in [0.2, 0.25) is 0 Å². The molecule has 0 bridgehead atoms. The number of nitrogens with one attached hydrogen (secondary N) is 1. The monoisotopic (exact) mass is 507 g/mol. The molecule has 2 aliphatic rings. The maximum Gasteiger partial charge on any atom is 0.256 e. The minimum Gasteiger partial charge on any atom is -0.490 e. The molecule has 36 heavy (non-hydrogen) atoms. The number of carbonyl (C=O) groups excluding carboxylic acids is 1. The summed E-state index contributed by atoms with van der Waals surface area (Å²) in [7, 11) is 1.77. The van der Waals surface area contributed by atoms with Crippen LogP contribution < -0.4 is 14.8 Å². The van der Waals surface area contributed by atoms with Crippen LogP contribution in [0.2, 0.25) is 5.02 Å². The molecular weight excluding hydrogens is 482 g/mol. The molecule has 186 valence electrons. The van der Waals surface area contributed by atoms with Crippen molar-refractivity contribution in [3.05, 3.63) is 98.6 Å². The number of benzene rings is 3. The highest BCUT2D eigenvalue weighted by molar-refractivity contribution is 6.31. The Morgan fingerprint density at radius 1 is 1.11 bits per heavy atom. The number of nitro groups is 1. The van der Waals surface area contributed by atoms with Crippen molar-refractivity contribution >= 4 is 23.2 Å². The molecule has 1 fully saturated rings. The molecule has 3 atom stereocenters. The van der Waals surface area contributed by atoms with E-state index in [9.17, 15) is 14.9 Å². The number of hydrogen-bond acceptors (Lipinski definition) is 6. The van der Waals surface area contributed by atoms with Gasteiger partial charge >= 0.3 is 0 Å². The van der Waals surface area contributed by atoms with Crippen LogP contribution in [0.3, 0.4) is 0 Å². The predicted octanol–water partition coefficient (Wildman–Crippen LogP) is 4.84. The average Bonchev–Trinajstić information content (AvgIpc) is 3.34. The van der Waals surface area contributed by atoms with Gasteiger partial charge in [-0.25, -0.2) is 0 Å². The fraction of sp³-hybridized carbons (Fsp3) is 0.296. The van der Waals surface area contributed by atoms with Gasteiger partial charge in [-0.2, -0.15) is 0 Å². The smallest absolute Gasteiger partial charge is 0.256 e. The highest BCUT2D eigenvalue weighted by Crippen LogP contribution is 2.52. The second-order valence-electron chi connectivity index (χ2n) is 9.00. The van der Waals surface area contributed by atoms with E-state index in [1.54, 1.807) is 54.4 Å². The topological polar surface area (TPSA) is 93.9 Å². The van der Waals surface area contributed by atoms with Crippen molar-refractivity contribution in [2.24, 2.45) is 0 Å². The molecule has 0 unspecified atom stereocenters. The van der Waals surface area contributed by atoms with E-state index in [1.807, 2.05) is 31.2 Å². The van der Waals surface area contributed by atoms with Crippen molar-refractivity contribution in [1.29, 1.82) is 0 Å². The Hall–Kier alpha value is -3.62. The summed E-state index contributed by atoms with van der Waals surface area (Å²) in [4.78, 5) is 27.3. The lowest BCUT2D eigenvalue weighted by molar-refractivity contribution is -0.534. The van der Waals surface area contributed by atoms with Crippen molar-refractivity contribution in [2.45, 2.75) is 31.0 Å². The number of anilines is 1. The van der Waals surface area contributed by atoms with Crippen LogP contribution in [0.1, 0.15) is 29.5 Å². The van der Waals surface area contributed by atoms with E-state index < -0.39 is 17.5 Å². The quantitative estimate of drug-likeness (QED) is 0.363. The van der Waals surface area contributed by atoms with Crippen molar-refractivity contribution in [1.82, 2.24) is 4.90 Å². The van der Waals surface area contributed by atoms with Crippen molar-refractivity contribution in [3.63, 3.8) is 0 Å². The third-order valence-corrected chi connectivity index (χ3v) is 7.45. The van der Waals surface area contributed by atoms with Crippen LogP contribution in [-0.2, 0) is 16.9 Å². The number of carbonyl (C=O) groups is 1. The Morgan fingerprint density at radius 2 is 1.86 bits per heavy atom. The van der Waals surface area contributed by atoms with Crippen LogP contribution in [-0.4, -0.2) is 42.0 Å². The van der Waals surface area contributed by atoms with Crippen molar-refractivity contribution < 1.29 is 19.2 Å². The van der Waals surface area contributed by atoms with Gasteiger partial charge in [0.1, 0.15) is 6.61 Å². The lowest BCUT2D eigenvalue weighted by Crippen LogP contribution is -2.54. The summed E-state index contributed by atoms with van der Waals surface area (Å²) in [6, 6.07) is 18.8. The third-order valence-electron chi connectivity index (χ3n) is 7.08. The number of nitrogens with zero attached hydrogens (tertiary/aromatic N) is 2. The second kappa shape index (κ2) is 9.44. The molecular formula is C27H26ClN3O5. The molecule has 2 heterocycles. The maximum atomic E-state index is 13.3. The lowest BCUT2D eigenvalue weighted by Gasteiger charge is -2.30. The number of halogens is 1. The summed E-state index contributed by atoms with van der Waals surface area (Å²) >= 11 is 6.26. The van der Waals surface area contributed by atoms with Gasteiger partial charge < -0.3 is 14.8 Å². The highest BCUT2D eigenvalue weighted by atomic mass is 35.5. The first-order valence-corrected chi connectivity index (χ1v) is 12.1. The number of hydrogen-bond donors (Lipinski definition) is 1. The van der Waals surface area contributed by atoms with Gasteiger partial charge in [0.25, 0.3) is 11.9 Å². The first-order chi connectivity index (χ1) is 17.4. The van der Waals surface area contributed by atoms with Crippen LogP contribution >= 0.6 is 11.6 Å². The fourth-order valence-corrected chi connectivity index (χ4v) is 5.68. The van der Waals surface area contributed by atoms with Crippen molar-refractivity contribution in [2.75, 3.05) is 25.5 Å². The van der Waals surface area contributed by atoms with Crippen LogP contribution in [0, 0.1) is 10.1 Å². The molecule has 1 N–H and O–H groups in total. The molecule has 1 saturated heterocycles. The van der Waals surface area contributed by atoms with E-state index in [2.05, 4.69) is 5.32 Å². The number of rotatable bonds is 7. The first kappa shape index (κ1) is 24.1. The number of amides is 1. The molecule has 8 nitrogen and oxygen atoms in total. The summed E-state index contributed by atoms with van der Waals surface area (Å²) in [6.07, 6.45) is 0. The normalized spacial score (nSPS) is 22.9. The van der Waals surface area contributed by atoms with Gasteiger partial charge in [-0.05, 0) is 43.8 Å². The van der Waals surface area contributed by atoms with Gasteiger partial charge in [-0.15, -0.1) is 0 Å². The number of likely N-dealkylation sites (tertiary alicyclic amines) is 1. The zero-order valence-corrected chi connectivity index (χ0v) is 20.7. The standard InChI is InChI=1S/C27H26ClN3O5/c1-3-35-24-14-17(12-13-23(24)36-16-18-8-4-6-10-21(18)28)19-15-30(2)27(25(19)31(33)34)20-9-5-7-11-22(20)29-26(27)32/h4-14,19,25H,3,15-16H2,1-2H3,(H,29,32)/t19-,25-,27-/m0/s1. The average molecular weight is 508 g/mol. The molecule has 9 heteroatoms. The Labute approximate surface area is 213 Å². The molecule has 1 spiro atoms. The second-order valence-corrected chi connectivity index (χ2v) is 9.41. The molecule has 0 aromatic heterocycles. The van der Waals surface area contributed by atoms with Crippen LogP contribution in [0.4, 0.5) is 5.69 Å². The highest BCUT2D eigenvalue weighted by Gasteiger charge is 2.68. The largest absolute Gasteiger partial charge is 0.490 e. The van der Waals surface area contributed by atoms with E-state index in [4.69, 9.17) is 21.1 Å². The molecule has 3 aromatic carbocycles. The van der Waals surface area contributed by atoms with E-state index in [0.29, 0.717) is 46.5 Å². The van der Waals surface area contributed by atoms with Crippen molar-refractivity contribution in [3.8, 4) is 11.5 Å². The Balaban J connectivity index is 1.51. The number of fused-ring (bicyclic) bond motifs is 2. The predicted molar refractivity (Wildman–Crippen MR) is 136 cm³/mol. The number of para-hydroxylation sites is 1. The molecule has 0 aliphatic carbocycles.